The second-order valence-electron chi connectivity index (χ2n) is 4.02. The molecule has 0 spiro atoms. The number of aliphatic imine (C=N–C) groups is 1. The summed E-state index contributed by atoms with van der Waals surface area (Å²) < 4.78 is 0. The topological polar surface area (TPSA) is 25.2 Å². The van der Waals surface area contributed by atoms with Gasteiger partial charge in [-0.15, -0.1) is 0 Å². The molecule has 0 N–H and O–H groups in total. The third-order valence-corrected chi connectivity index (χ3v) is 2.54. The molecular formula is C15H16N2. The highest BCUT2D eigenvalue weighted by molar-refractivity contribution is 5.79. The monoisotopic (exact) mass is 224 g/mol. The predicted octanol–water partition coefficient (Wildman–Crippen LogP) is 3.05. The van der Waals surface area contributed by atoms with Crippen LogP contribution in [0.3, 0.4) is 0 Å². The molecule has 0 bridgehead atoms. The molecule has 0 saturated heterocycles. The van der Waals surface area contributed by atoms with Crippen molar-refractivity contribution >= 4 is 6.21 Å². The van der Waals surface area contributed by atoms with Crippen LogP contribution in [-0.4, -0.2) is 17.7 Å². The molecule has 0 unspecified atom stereocenters. The Morgan fingerprint density at radius 1 is 1.12 bits per heavy atom. The second-order valence-corrected chi connectivity index (χ2v) is 4.02. The van der Waals surface area contributed by atoms with Crippen LogP contribution in [0.4, 0.5) is 0 Å². The Balaban J connectivity index is 1.84. The number of benzene rings is 1. The summed E-state index contributed by atoms with van der Waals surface area (Å²) in [5.41, 5.74) is 3.51. The lowest BCUT2D eigenvalue weighted by Crippen LogP contribution is -1.93. The molecule has 0 atom stereocenters. The SMILES string of the molecule is Cc1ccc(C=NCCc2ccccn2)cc1. The van der Waals surface area contributed by atoms with Gasteiger partial charge in [0.1, 0.15) is 0 Å². The summed E-state index contributed by atoms with van der Waals surface area (Å²) in [7, 11) is 0. The molecule has 0 aliphatic carbocycles. The van der Waals surface area contributed by atoms with Gasteiger partial charge in [-0.25, -0.2) is 0 Å². The van der Waals surface area contributed by atoms with Crippen LogP contribution >= 0.6 is 0 Å². The van der Waals surface area contributed by atoms with E-state index < -0.39 is 0 Å². The van der Waals surface area contributed by atoms with E-state index in [1.54, 1.807) is 0 Å². The van der Waals surface area contributed by atoms with Crippen molar-refractivity contribution in [3.05, 3.63) is 65.5 Å². The van der Waals surface area contributed by atoms with Crippen molar-refractivity contribution in [2.24, 2.45) is 4.99 Å². The minimum atomic E-state index is 0.783. The molecule has 1 aromatic heterocycles. The quantitative estimate of drug-likeness (QED) is 0.733. The fourth-order valence-corrected chi connectivity index (χ4v) is 1.55. The zero-order chi connectivity index (χ0) is 11.9. The highest BCUT2D eigenvalue weighted by Gasteiger charge is 1.91. The molecule has 0 fully saturated rings. The fourth-order valence-electron chi connectivity index (χ4n) is 1.55. The van der Waals surface area contributed by atoms with E-state index >= 15 is 0 Å². The van der Waals surface area contributed by atoms with E-state index in [1.165, 1.54) is 5.56 Å². The van der Waals surface area contributed by atoms with Crippen molar-refractivity contribution in [3.63, 3.8) is 0 Å². The van der Waals surface area contributed by atoms with Crippen LogP contribution in [0.1, 0.15) is 16.8 Å². The number of pyridine rings is 1. The van der Waals surface area contributed by atoms with Crippen molar-refractivity contribution in [3.8, 4) is 0 Å². The molecule has 2 aromatic rings. The lowest BCUT2D eigenvalue weighted by atomic mass is 10.2. The minimum Gasteiger partial charge on any atom is -0.292 e. The average molecular weight is 224 g/mol. The Morgan fingerprint density at radius 3 is 2.65 bits per heavy atom. The first-order valence-electron chi connectivity index (χ1n) is 5.81. The molecule has 17 heavy (non-hydrogen) atoms. The Bertz CT molecular complexity index is 472. The van der Waals surface area contributed by atoms with Gasteiger partial charge < -0.3 is 0 Å². The summed E-state index contributed by atoms with van der Waals surface area (Å²) in [4.78, 5) is 8.66. The van der Waals surface area contributed by atoms with Crippen molar-refractivity contribution in [1.82, 2.24) is 4.98 Å². The molecule has 0 radical (unpaired) electrons. The molecule has 0 saturated carbocycles. The van der Waals surface area contributed by atoms with Crippen molar-refractivity contribution in [2.45, 2.75) is 13.3 Å². The summed E-state index contributed by atoms with van der Waals surface area (Å²) in [6, 6.07) is 14.3. The molecular weight excluding hydrogens is 208 g/mol. The highest BCUT2D eigenvalue weighted by Crippen LogP contribution is 2.00. The number of aromatic nitrogens is 1. The van der Waals surface area contributed by atoms with Gasteiger partial charge in [0, 0.05) is 31.1 Å². The molecule has 0 aliphatic rings. The first kappa shape index (κ1) is 11.5. The van der Waals surface area contributed by atoms with Gasteiger partial charge in [-0.1, -0.05) is 35.9 Å². The molecule has 1 aromatic carbocycles. The highest BCUT2D eigenvalue weighted by atomic mass is 14.7. The number of hydrogen-bond donors (Lipinski definition) is 0. The lowest BCUT2D eigenvalue weighted by molar-refractivity contribution is 0.927. The zero-order valence-corrected chi connectivity index (χ0v) is 10.0. The van der Waals surface area contributed by atoms with Gasteiger partial charge in [-0.05, 0) is 24.6 Å². The molecule has 0 amide bonds. The molecule has 2 heteroatoms. The third kappa shape index (κ3) is 3.83. The van der Waals surface area contributed by atoms with Crippen LogP contribution < -0.4 is 0 Å². The maximum absolute atomic E-state index is 4.40. The second kappa shape index (κ2) is 5.94. The zero-order valence-electron chi connectivity index (χ0n) is 10.0. The maximum atomic E-state index is 4.40. The van der Waals surface area contributed by atoms with E-state index in [0.29, 0.717) is 0 Å². The molecule has 1 heterocycles. The number of rotatable bonds is 4. The van der Waals surface area contributed by atoms with E-state index in [2.05, 4.69) is 41.2 Å². The van der Waals surface area contributed by atoms with Gasteiger partial charge in [0.2, 0.25) is 0 Å². The fraction of sp³-hybridized carbons (Fsp3) is 0.200. The van der Waals surface area contributed by atoms with Crippen LogP contribution in [0.25, 0.3) is 0 Å². The van der Waals surface area contributed by atoms with Gasteiger partial charge >= 0.3 is 0 Å². The van der Waals surface area contributed by atoms with E-state index in [4.69, 9.17) is 0 Å². The Labute approximate surface area is 102 Å². The standard InChI is InChI=1S/C15H16N2/c1-13-5-7-14(8-6-13)12-16-11-9-15-4-2-3-10-17-15/h2-8,10,12H,9,11H2,1H3. The first-order chi connectivity index (χ1) is 8.34. The Kier molecular flexibility index (Phi) is 4.03. The van der Waals surface area contributed by atoms with Gasteiger partial charge in [0.15, 0.2) is 0 Å². The summed E-state index contributed by atoms with van der Waals surface area (Å²) in [5.74, 6) is 0. The van der Waals surface area contributed by atoms with Crippen molar-refractivity contribution in [2.75, 3.05) is 6.54 Å². The third-order valence-electron chi connectivity index (χ3n) is 2.54. The summed E-state index contributed by atoms with van der Waals surface area (Å²) in [6.45, 7) is 2.87. The van der Waals surface area contributed by atoms with Crippen LogP contribution in [0.15, 0.2) is 53.7 Å². The van der Waals surface area contributed by atoms with Gasteiger partial charge in [0.25, 0.3) is 0 Å². The van der Waals surface area contributed by atoms with Gasteiger partial charge in [-0.2, -0.15) is 0 Å². The molecule has 2 nitrogen and oxygen atoms in total. The van der Waals surface area contributed by atoms with Crippen LogP contribution in [0.5, 0.6) is 0 Å². The number of hydrogen-bond acceptors (Lipinski definition) is 2. The lowest BCUT2D eigenvalue weighted by Gasteiger charge is -1.96. The summed E-state index contributed by atoms with van der Waals surface area (Å²) in [5, 5.41) is 0. The number of aryl methyl sites for hydroxylation is 1. The number of nitrogens with zero attached hydrogens (tertiary/aromatic N) is 2. The smallest absolute Gasteiger partial charge is 0.0445 e. The first-order valence-corrected chi connectivity index (χ1v) is 5.81. The predicted molar refractivity (Wildman–Crippen MR) is 71.6 cm³/mol. The molecule has 86 valence electrons. The average Bonchev–Trinajstić information content (AvgIpc) is 2.38. The normalized spacial score (nSPS) is 10.9. The van der Waals surface area contributed by atoms with E-state index in [1.807, 2.05) is 30.6 Å². The maximum Gasteiger partial charge on any atom is 0.0445 e. The molecule has 2 rings (SSSR count). The van der Waals surface area contributed by atoms with Gasteiger partial charge in [0.05, 0.1) is 0 Å². The van der Waals surface area contributed by atoms with Crippen LogP contribution in [-0.2, 0) is 6.42 Å². The van der Waals surface area contributed by atoms with Crippen LogP contribution in [0, 0.1) is 6.92 Å². The van der Waals surface area contributed by atoms with Crippen LogP contribution in [0.2, 0.25) is 0 Å². The minimum absolute atomic E-state index is 0.783. The summed E-state index contributed by atoms with van der Waals surface area (Å²) >= 11 is 0. The molecule has 0 aliphatic heterocycles. The largest absolute Gasteiger partial charge is 0.292 e. The van der Waals surface area contributed by atoms with Crippen molar-refractivity contribution in [1.29, 1.82) is 0 Å². The van der Waals surface area contributed by atoms with E-state index in [0.717, 1.165) is 24.2 Å². The van der Waals surface area contributed by atoms with Crippen molar-refractivity contribution < 1.29 is 0 Å². The summed E-state index contributed by atoms with van der Waals surface area (Å²) in [6.07, 6.45) is 4.63. The van der Waals surface area contributed by atoms with E-state index in [-0.39, 0.29) is 0 Å². The van der Waals surface area contributed by atoms with Gasteiger partial charge in [-0.3, -0.25) is 9.98 Å². The Hall–Kier alpha value is -1.96. The van der Waals surface area contributed by atoms with E-state index in [9.17, 15) is 0 Å². The Morgan fingerprint density at radius 2 is 1.94 bits per heavy atom.